The van der Waals surface area contributed by atoms with Crippen LogP contribution in [-0.2, 0) is 11.3 Å². The molecule has 35 heavy (non-hydrogen) atoms. The number of nitrogen functional groups attached to an aromatic ring is 1. The number of carbonyl (C=O) groups excluding carboxylic acids is 1. The summed E-state index contributed by atoms with van der Waals surface area (Å²) in [5.74, 6) is -0.327. The fourth-order valence-electron chi connectivity index (χ4n) is 4.37. The fraction of sp³-hybridized carbons (Fsp3) is 0.393. The Morgan fingerprint density at radius 3 is 2.57 bits per heavy atom. The van der Waals surface area contributed by atoms with E-state index in [0.717, 1.165) is 59.9 Å². The molecule has 1 fully saturated rings. The molecule has 0 bridgehead atoms. The van der Waals surface area contributed by atoms with Crippen molar-refractivity contribution in [2.75, 3.05) is 24.1 Å². The molecule has 3 N–H and O–H groups in total. The Bertz CT molecular complexity index is 1190. The highest BCUT2D eigenvalue weighted by Gasteiger charge is 2.25. The van der Waals surface area contributed by atoms with Crippen molar-refractivity contribution in [2.45, 2.75) is 58.7 Å². The smallest absolute Gasteiger partial charge is 0.349 e. The number of nitrogens with one attached hydrogen (secondary N) is 1. The Kier molecular flexibility index (Phi) is 7.74. The van der Waals surface area contributed by atoms with Gasteiger partial charge in [0.05, 0.1) is 9.90 Å². The summed E-state index contributed by atoms with van der Waals surface area (Å²) in [6.07, 6.45) is 2.16. The lowest BCUT2D eigenvalue weighted by Gasteiger charge is -2.33. The minimum absolute atomic E-state index is 0.327. The van der Waals surface area contributed by atoms with Crippen molar-refractivity contribution in [1.82, 2.24) is 4.90 Å². The number of hydrogen-bond donors (Lipinski definition) is 2. The first-order valence-electron chi connectivity index (χ1n) is 12.0. The van der Waals surface area contributed by atoms with Crippen LogP contribution in [0.3, 0.4) is 0 Å². The third-order valence-corrected chi connectivity index (χ3v) is 8.00. The quantitative estimate of drug-likeness (QED) is 0.275. The van der Waals surface area contributed by atoms with Gasteiger partial charge in [0, 0.05) is 37.1 Å². The highest BCUT2D eigenvalue weighted by atomic mass is 35.5. The highest BCUT2D eigenvalue weighted by Crippen LogP contribution is 2.41. The first-order valence-corrected chi connectivity index (χ1v) is 13.2. The number of ether oxygens (including phenoxy) is 1. The molecule has 2 heterocycles. The molecule has 2 aromatic carbocycles. The van der Waals surface area contributed by atoms with E-state index in [1.165, 1.54) is 16.9 Å². The number of hydrogen-bond acceptors (Lipinski definition) is 6. The summed E-state index contributed by atoms with van der Waals surface area (Å²) in [4.78, 5) is 16.6. The molecule has 0 aliphatic carbocycles. The van der Waals surface area contributed by atoms with Crippen molar-refractivity contribution < 1.29 is 9.53 Å². The zero-order valence-electron chi connectivity index (χ0n) is 20.9. The fourth-order valence-corrected chi connectivity index (χ4v) is 5.82. The predicted molar refractivity (Wildman–Crippen MR) is 147 cm³/mol. The molecule has 0 spiro atoms. The van der Waals surface area contributed by atoms with E-state index in [-0.39, 0.29) is 5.97 Å². The third kappa shape index (κ3) is 6.57. The van der Waals surface area contributed by atoms with Gasteiger partial charge in [-0.15, -0.1) is 11.3 Å². The molecule has 0 radical (unpaired) electrons. The molecule has 1 aromatic heterocycles. The van der Waals surface area contributed by atoms with E-state index < -0.39 is 5.60 Å². The number of esters is 1. The number of thiophene rings is 1. The van der Waals surface area contributed by atoms with E-state index in [9.17, 15) is 4.79 Å². The van der Waals surface area contributed by atoms with Crippen molar-refractivity contribution in [2.24, 2.45) is 0 Å². The number of piperidine rings is 1. The Labute approximate surface area is 217 Å². The number of halogens is 1. The van der Waals surface area contributed by atoms with Crippen LogP contribution < -0.4 is 11.1 Å². The molecule has 4 rings (SSSR count). The number of anilines is 2. The molecule has 5 nitrogen and oxygen atoms in total. The SMILES string of the molecule is Cc1c(C(=O)OC(C)(C)C)sc(-c2cccc(NC3CCN(Cc4cccc(N)c4)CC3)c2)c1Cl. The van der Waals surface area contributed by atoms with Crippen molar-refractivity contribution in [3.8, 4) is 10.4 Å². The Hall–Kier alpha value is -2.54. The number of nitrogens with two attached hydrogens (primary N) is 1. The third-order valence-electron chi connectivity index (χ3n) is 6.10. The van der Waals surface area contributed by atoms with E-state index >= 15 is 0 Å². The molecule has 7 heteroatoms. The van der Waals surface area contributed by atoms with Crippen molar-refractivity contribution in [3.05, 3.63) is 69.6 Å². The normalized spacial score (nSPS) is 15.2. The lowest BCUT2D eigenvalue weighted by Crippen LogP contribution is -2.38. The van der Waals surface area contributed by atoms with Gasteiger partial charge in [-0.3, -0.25) is 4.90 Å². The second-order valence-corrected chi connectivity index (χ2v) is 11.6. The average Bonchev–Trinajstić information content (AvgIpc) is 3.09. The second-order valence-electron chi connectivity index (χ2n) is 10.2. The van der Waals surface area contributed by atoms with E-state index in [1.807, 2.05) is 52.0 Å². The summed E-state index contributed by atoms with van der Waals surface area (Å²) in [5, 5.41) is 4.32. The van der Waals surface area contributed by atoms with E-state index in [0.29, 0.717) is 15.9 Å². The summed E-state index contributed by atoms with van der Waals surface area (Å²) in [6, 6.07) is 16.8. The van der Waals surface area contributed by atoms with Gasteiger partial charge in [-0.05, 0) is 81.5 Å². The number of likely N-dealkylation sites (tertiary alicyclic amines) is 1. The molecule has 1 aliphatic heterocycles. The summed E-state index contributed by atoms with van der Waals surface area (Å²) in [5.41, 5.74) is 10.3. The van der Waals surface area contributed by atoms with Gasteiger partial charge in [-0.25, -0.2) is 4.79 Å². The van der Waals surface area contributed by atoms with Crippen LogP contribution in [0.2, 0.25) is 5.02 Å². The van der Waals surface area contributed by atoms with Crippen LogP contribution in [0.25, 0.3) is 10.4 Å². The molecular formula is C28H34ClN3O2S. The van der Waals surface area contributed by atoms with E-state index in [2.05, 4.69) is 34.5 Å². The van der Waals surface area contributed by atoms with Gasteiger partial charge in [0.25, 0.3) is 0 Å². The molecule has 1 aliphatic rings. The maximum Gasteiger partial charge on any atom is 0.349 e. The first kappa shape index (κ1) is 25.5. The van der Waals surface area contributed by atoms with Crippen LogP contribution >= 0.6 is 22.9 Å². The standard InChI is InChI=1S/C28H34ClN3O2S/c1-18-24(29)26(35-25(18)27(33)34-28(2,3)4)20-8-6-10-23(16-20)31-22-11-13-32(14-12-22)17-19-7-5-9-21(30)15-19/h5-10,15-16,22,31H,11-14,17,30H2,1-4H3. The van der Waals surface area contributed by atoms with Crippen LogP contribution in [-0.4, -0.2) is 35.6 Å². The molecule has 0 saturated carbocycles. The van der Waals surface area contributed by atoms with Gasteiger partial charge in [0.1, 0.15) is 10.5 Å². The number of carbonyl (C=O) groups is 1. The maximum absolute atomic E-state index is 12.7. The van der Waals surface area contributed by atoms with Gasteiger partial charge in [-0.1, -0.05) is 35.9 Å². The Morgan fingerprint density at radius 2 is 1.89 bits per heavy atom. The summed E-state index contributed by atoms with van der Waals surface area (Å²) in [7, 11) is 0. The lowest BCUT2D eigenvalue weighted by molar-refractivity contribution is 0.00745. The maximum atomic E-state index is 12.7. The molecule has 0 atom stereocenters. The molecule has 186 valence electrons. The van der Waals surface area contributed by atoms with Crippen molar-refractivity contribution in [3.63, 3.8) is 0 Å². The topological polar surface area (TPSA) is 67.6 Å². The van der Waals surface area contributed by atoms with Crippen LogP contribution in [0.5, 0.6) is 0 Å². The Balaban J connectivity index is 1.40. The second kappa shape index (κ2) is 10.6. The molecule has 0 unspecified atom stereocenters. The van der Waals surface area contributed by atoms with Crippen LogP contribution in [0, 0.1) is 6.92 Å². The minimum Gasteiger partial charge on any atom is -0.456 e. The van der Waals surface area contributed by atoms with Crippen LogP contribution in [0.4, 0.5) is 11.4 Å². The summed E-state index contributed by atoms with van der Waals surface area (Å²) < 4.78 is 5.58. The zero-order chi connectivity index (χ0) is 25.2. The van der Waals surface area contributed by atoms with Gasteiger partial charge in [-0.2, -0.15) is 0 Å². The molecule has 1 saturated heterocycles. The van der Waals surface area contributed by atoms with Crippen molar-refractivity contribution in [1.29, 1.82) is 0 Å². The molecule has 3 aromatic rings. The first-order chi connectivity index (χ1) is 16.6. The van der Waals surface area contributed by atoms with Gasteiger partial charge >= 0.3 is 5.97 Å². The number of rotatable bonds is 6. The van der Waals surface area contributed by atoms with Gasteiger partial charge in [0.2, 0.25) is 0 Å². The Morgan fingerprint density at radius 1 is 1.17 bits per heavy atom. The van der Waals surface area contributed by atoms with E-state index in [4.69, 9.17) is 22.1 Å². The van der Waals surface area contributed by atoms with Gasteiger partial charge in [0.15, 0.2) is 0 Å². The lowest BCUT2D eigenvalue weighted by atomic mass is 10.0. The monoisotopic (exact) mass is 511 g/mol. The number of benzene rings is 2. The minimum atomic E-state index is -0.548. The summed E-state index contributed by atoms with van der Waals surface area (Å²) in [6.45, 7) is 10.5. The molecular weight excluding hydrogens is 478 g/mol. The predicted octanol–water partition coefficient (Wildman–Crippen LogP) is 6.99. The largest absolute Gasteiger partial charge is 0.456 e. The van der Waals surface area contributed by atoms with E-state index in [1.54, 1.807) is 0 Å². The van der Waals surface area contributed by atoms with Crippen LogP contribution in [0.1, 0.15) is 54.4 Å². The zero-order valence-corrected chi connectivity index (χ0v) is 22.4. The number of nitrogens with zero attached hydrogens (tertiary/aromatic N) is 1. The summed E-state index contributed by atoms with van der Waals surface area (Å²) >= 11 is 8.06. The van der Waals surface area contributed by atoms with Crippen molar-refractivity contribution >= 4 is 40.3 Å². The molecule has 0 amide bonds. The van der Waals surface area contributed by atoms with Crippen LogP contribution in [0.15, 0.2) is 48.5 Å². The van der Waals surface area contributed by atoms with Gasteiger partial charge < -0.3 is 15.8 Å². The average molecular weight is 512 g/mol. The highest BCUT2D eigenvalue weighted by molar-refractivity contribution is 7.18.